The van der Waals surface area contributed by atoms with Gasteiger partial charge in [0.2, 0.25) is 21.8 Å². The summed E-state index contributed by atoms with van der Waals surface area (Å²) in [7, 11) is -2.60. The molecule has 2 amide bonds. The Balaban J connectivity index is 1.95. The third-order valence-electron chi connectivity index (χ3n) is 6.35. The fourth-order valence-electron chi connectivity index (χ4n) is 3.93. The fraction of sp³-hybridized carbons (Fsp3) is 0.310. The maximum Gasteiger partial charge on any atom is 0.243 e. The number of nitrogens with zero attached hydrogens (tertiary/aromatic N) is 2. The molecular formula is C29H34ClN3O4S. The Hall–Kier alpha value is -3.20. The molecule has 0 aliphatic heterocycles. The highest BCUT2D eigenvalue weighted by Crippen LogP contribution is 2.20. The van der Waals surface area contributed by atoms with Gasteiger partial charge in [-0.25, -0.2) is 8.42 Å². The van der Waals surface area contributed by atoms with Gasteiger partial charge in [-0.1, -0.05) is 79.2 Å². The molecule has 38 heavy (non-hydrogen) atoms. The minimum Gasteiger partial charge on any atom is -0.352 e. The lowest BCUT2D eigenvalue weighted by molar-refractivity contribution is -0.141. The normalized spacial score (nSPS) is 13.1. The molecule has 0 aliphatic rings. The van der Waals surface area contributed by atoms with Crippen molar-refractivity contribution in [1.82, 2.24) is 14.5 Å². The minimum absolute atomic E-state index is 0.0298. The van der Waals surface area contributed by atoms with E-state index in [9.17, 15) is 18.0 Å². The smallest absolute Gasteiger partial charge is 0.243 e. The van der Waals surface area contributed by atoms with Gasteiger partial charge in [-0.05, 0) is 48.7 Å². The molecular weight excluding hydrogens is 522 g/mol. The molecule has 0 fully saturated rings. The lowest BCUT2D eigenvalue weighted by atomic mass is 10.0. The Morgan fingerprint density at radius 2 is 1.45 bits per heavy atom. The van der Waals surface area contributed by atoms with Crippen molar-refractivity contribution in [3.8, 4) is 0 Å². The summed E-state index contributed by atoms with van der Waals surface area (Å²) >= 11 is 5.91. The number of hydrogen-bond donors (Lipinski definition) is 1. The van der Waals surface area contributed by atoms with Crippen molar-refractivity contribution in [1.29, 1.82) is 0 Å². The number of nitrogens with one attached hydrogen (secondary N) is 1. The van der Waals surface area contributed by atoms with Crippen LogP contribution in [0.3, 0.4) is 0 Å². The zero-order valence-corrected chi connectivity index (χ0v) is 23.5. The number of sulfonamides is 1. The van der Waals surface area contributed by atoms with Gasteiger partial charge >= 0.3 is 0 Å². The second-order valence-electron chi connectivity index (χ2n) is 9.25. The number of carbonyl (C=O) groups is 2. The molecule has 2 atom stereocenters. The van der Waals surface area contributed by atoms with Crippen LogP contribution in [0.25, 0.3) is 0 Å². The van der Waals surface area contributed by atoms with Crippen molar-refractivity contribution in [2.75, 3.05) is 13.6 Å². The Kier molecular flexibility index (Phi) is 10.5. The topological polar surface area (TPSA) is 86.8 Å². The van der Waals surface area contributed by atoms with Crippen LogP contribution in [-0.2, 0) is 32.6 Å². The van der Waals surface area contributed by atoms with E-state index in [1.807, 2.05) is 74.5 Å². The molecule has 0 bridgehead atoms. The number of benzene rings is 3. The molecule has 0 aliphatic carbocycles. The van der Waals surface area contributed by atoms with E-state index in [1.54, 1.807) is 0 Å². The van der Waals surface area contributed by atoms with Gasteiger partial charge < -0.3 is 10.2 Å². The van der Waals surface area contributed by atoms with Crippen LogP contribution in [-0.4, -0.2) is 55.1 Å². The molecule has 7 nitrogen and oxygen atoms in total. The molecule has 202 valence electrons. The first-order valence-corrected chi connectivity index (χ1v) is 14.3. The van der Waals surface area contributed by atoms with E-state index in [2.05, 4.69) is 5.32 Å². The van der Waals surface area contributed by atoms with E-state index < -0.39 is 28.5 Å². The number of carbonyl (C=O) groups excluding carboxylic acids is 2. The Labute approximate surface area is 230 Å². The van der Waals surface area contributed by atoms with Crippen molar-refractivity contribution < 1.29 is 18.0 Å². The molecule has 0 radical (unpaired) electrons. The summed E-state index contributed by atoms with van der Waals surface area (Å²) in [6.45, 7) is 3.60. The zero-order chi connectivity index (χ0) is 27.7. The van der Waals surface area contributed by atoms with Crippen LogP contribution in [0.1, 0.15) is 31.4 Å². The SMILES string of the molecule is CC[C@H](C)NC(=O)[C@@H](Cc1ccccc1)N(Cc1ccccc1)C(=O)CN(C)S(=O)(=O)c1ccc(Cl)cc1. The van der Waals surface area contributed by atoms with E-state index in [1.165, 1.54) is 36.2 Å². The fourth-order valence-corrected chi connectivity index (χ4v) is 5.17. The second kappa shape index (κ2) is 13.6. The van der Waals surface area contributed by atoms with Gasteiger partial charge in [0.15, 0.2) is 0 Å². The Morgan fingerprint density at radius 1 is 0.895 bits per heavy atom. The maximum atomic E-state index is 13.8. The van der Waals surface area contributed by atoms with Crippen LogP contribution >= 0.6 is 11.6 Å². The summed E-state index contributed by atoms with van der Waals surface area (Å²) in [4.78, 5) is 28.8. The second-order valence-corrected chi connectivity index (χ2v) is 11.7. The summed E-state index contributed by atoms with van der Waals surface area (Å²) < 4.78 is 27.3. The first-order chi connectivity index (χ1) is 18.1. The number of amides is 2. The number of halogens is 1. The van der Waals surface area contributed by atoms with Gasteiger partial charge in [0, 0.05) is 31.1 Å². The molecule has 9 heteroatoms. The maximum absolute atomic E-state index is 13.8. The highest BCUT2D eigenvalue weighted by molar-refractivity contribution is 7.89. The third-order valence-corrected chi connectivity index (χ3v) is 8.42. The summed E-state index contributed by atoms with van der Waals surface area (Å²) in [5, 5.41) is 3.42. The van der Waals surface area contributed by atoms with Crippen LogP contribution in [0.15, 0.2) is 89.8 Å². The molecule has 0 saturated heterocycles. The highest BCUT2D eigenvalue weighted by Gasteiger charge is 2.33. The van der Waals surface area contributed by atoms with Gasteiger partial charge in [-0.3, -0.25) is 9.59 Å². The van der Waals surface area contributed by atoms with E-state index in [4.69, 9.17) is 11.6 Å². The van der Waals surface area contributed by atoms with Gasteiger partial charge in [0.1, 0.15) is 6.04 Å². The Bertz CT molecular complexity index is 1300. The average molecular weight is 556 g/mol. The van der Waals surface area contributed by atoms with E-state index in [0.717, 1.165) is 21.9 Å². The molecule has 3 aromatic rings. The van der Waals surface area contributed by atoms with Crippen molar-refractivity contribution in [3.63, 3.8) is 0 Å². The molecule has 0 spiro atoms. The van der Waals surface area contributed by atoms with Gasteiger partial charge in [0.25, 0.3) is 0 Å². The van der Waals surface area contributed by atoms with E-state index >= 15 is 0 Å². The molecule has 3 aromatic carbocycles. The monoisotopic (exact) mass is 555 g/mol. The molecule has 0 saturated carbocycles. The zero-order valence-electron chi connectivity index (χ0n) is 21.9. The average Bonchev–Trinajstić information content (AvgIpc) is 2.91. The largest absolute Gasteiger partial charge is 0.352 e. The molecule has 1 N–H and O–H groups in total. The molecule has 3 rings (SSSR count). The summed E-state index contributed by atoms with van der Waals surface area (Å²) in [6, 6.07) is 23.7. The van der Waals surface area contributed by atoms with Crippen molar-refractivity contribution in [2.24, 2.45) is 0 Å². The van der Waals surface area contributed by atoms with Crippen molar-refractivity contribution in [2.45, 2.75) is 50.2 Å². The molecule has 0 aromatic heterocycles. The predicted molar refractivity (Wildman–Crippen MR) is 150 cm³/mol. The van der Waals surface area contributed by atoms with Crippen LogP contribution in [0.4, 0.5) is 0 Å². The number of likely N-dealkylation sites (N-methyl/N-ethyl adjacent to an activating group) is 1. The van der Waals surface area contributed by atoms with Crippen LogP contribution in [0.5, 0.6) is 0 Å². The van der Waals surface area contributed by atoms with Crippen LogP contribution < -0.4 is 5.32 Å². The van der Waals surface area contributed by atoms with Crippen LogP contribution in [0, 0.1) is 0 Å². The number of hydrogen-bond acceptors (Lipinski definition) is 4. The van der Waals surface area contributed by atoms with Gasteiger partial charge in [-0.2, -0.15) is 4.31 Å². The standard InChI is InChI=1S/C29H34ClN3O4S/c1-4-22(2)31-29(35)27(19-23-11-7-5-8-12-23)33(20-24-13-9-6-10-14-24)28(34)21-32(3)38(36,37)26-17-15-25(30)16-18-26/h5-18,22,27H,4,19-21H2,1-3H3,(H,31,35)/t22-,27+/m0/s1. The molecule has 0 unspecified atom stereocenters. The first kappa shape index (κ1) is 29.4. The lowest BCUT2D eigenvalue weighted by Crippen LogP contribution is -2.54. The predicted octanol–water partition coefficient (Wildman–Crippen LogP) is 4.52. The third kappa shape index (κ3) is 7.90. The van der Waals surface area contributed by atoms with Crippen molar-refractivity contribution >= 4 is 33.4 Å². The summed E-state index contributed by atoms with van der Waals surface area (Å²) in [5.74, 6) is -0.759. The summed E-state index contributed by atoms with van der Waals surface area (Å²) in [6.07, 6.45) is 1.02. The first-order valence-electron chi connectivity index (χ1n) is 12.5. The Morgan fingerprint density at radius 3 is 2.00 bits per heavy atom. The van der Waals surface area contributed by atoms with Gasteiger partial charge in [0.05, 0.1) is 11.4 Å². The molecule has 0 heterocycles. The number of rotatable bonds is 12. The van der Waals surface area contributed by atoms with Gasteiger partial charge in [-0.15, -0.1) is 0 Å². The van der Waals surface area contributed by atoms with Crippen molar-refractivity contribution in [3.05, 3.63) is 101 Å². The highest BCUT2D eigenvalue weighted by atomic mass is 35.5. The van der Waals surface area contributed by atoms with E-state index in [0.29, 0.717) is 5.02 Å². The quantitative estimate of drug-likeness (QED) is 0.356. The minimum atomic E-state index is -3.96. The van der Waals surface area contributed by atoms with Crippen LogP contribution in [0.2, 0.25) is 5.02 Å². The lowest BCUT2D eigenvalue weighted by Gasteiger charge is -2.33. The summed E-state index contributed by atoms with van der Waals surface area (Å²) in [5.41, 5.74) is 1.73. The van der Waals surface area contributed by atoms with E-state index in [-0.39, 0.29) is 29.8 Å².